The fraction of sp³-hybridized carbons (Fsp3) is 0.500. The molecule has 1 aromatic heterocycles. The Morgan fingerprint density at radius 2 is 1.66 bits per heavy atom. The minimum absolute atomic E-state index is 0. The van der Waals surface area contributed by atoms with E-state index in [0.717, 1.165) is 28.8 Å². The molecule has 0 bridgehead atoms. The summed E-state index contributed by atoms with van der Waals surface area (Å²) in [6, 6.07) is 15.4. The standard InChI is InChI=1S/C34H45N5O4.V/c1-7-23(2)28(40)18-19-34(5,6)43-21-20-33(3,4)35-29(41)16-17-30(42)39-22-24-12-8-9-13-25(24)31-32(37-38-36-31)26-14-10-11-15-27(26)39;/h8-15,23H,7,16-22H2,1-6H3,(H2,35,36,37,38,41);/p-1. The summed E-state index contributed by atoms with van der Waals surface area (Å²) in [4.78, 5) is 40.6. The van der Waals surface area contributed by atoms with E-state index in [4.69, 9.17) is 4.74 Å². The zero-order valence-electron chi connectivity index (χ0n) is 26.7. The average molecular weight is 638 g/mol. The van der Waals surface area contributed by atoms with Gasteiger partial charge in [0.2, 0.25) is 11.8 Å². The van der Waals surface area contributed by atoms with Crippen LogP contribution >= 0.6 is 0 Å². The molecular weight excluding hydrogens is 593 g/mol. The average Bonchev–Trinajstić information content (AvgIpc) is 3.45. The van der Waals surface area contributed by atoms with Crippen LogP contribution in [0.2, 0.25) is 0 Å². The Balaban J connectivity index is 0.00000529. The molecule has 2 amide bonds. The molecule has 2 heterocycles. The van der Waals surface area contributed by atoms with E-state index in [1.807, 2.05) is 90.1 Å². The Hall–Kier alpha value is -3.27. The van der Waals surface area contributed by atoms with Gasteiger partial charge in [-0.05, 0) is 75.5 Å². The molecule has 1 N–H and O–H groups in total. The van der Waals surface area contributed by atoms with E-state index in [-0.39, 0.29) is 54.9 Å². The summed E-state index contributed by atoms with van der Waals surface area (Å²) >= 11 is 0. The number of hydrogen-bond acceptors (Lipinski definition) is 6. The number of rotatable bonds is 13. The normalized spacial score (nSPS) is 13.4. The molecule has 1 unspecified atom stereocenters. The number of carbonyl (C=O) groups excluding carboxylic acids is 3. The molecule has 9 nitrogen and oxygen atoms in total. The Labute approximate surface area is 272 Å². The maximum absolute atomic E-state index is 13.7. The van der Waals surface area contributed by atoms with Crippen molar-refractivity contribution in [2.45, 2.75) is 97.8 Å². The molecule has 1 aliphatic rings. The summed E-state index contributed by atoms with van der Waals surface area (Å²) in [5.41, 5.74) is 3.71. The molecule has 0 spiro atoms. The second-order valence-electron chi connectivity index (χ2n) is 12.7. The van der Waals surface area contributed by atoms with Gasteiger partial charge in [-0.2, -0.15) is 0 Å². The summed E-state index contributed by atoms with van der Waals surface area (Å²) in [6.07, 6.45) is 2.73. The molecule has 44 heavy (non-hydrogen) atoms. The Morgan fingerprint density at radius 1 is 0.977 bits per heavy atom. The van der Waals surface area contributed by atoms with Crippen molar-refractivity contribution in [2.75, 3.05) is 11.5 Å². The number of para-hydroxylation sites is 1. The first-order valence-electron chi connectivity index (χ1n) is 15.2. The van der Waals surface area contributed by atoms with Gasteiger partial charge in [0, 0.05) is 61.4 Å². The predicted molar refractivity (Wildman–Crippen MR) is 167 cm³/mol. The van der Waals surface area contributed by atoms with Crippen molar-refractivity contribution in [2.24, 2.45) is 5.92 Å². The van der Waals surface area contributed by atoms with Crippen molar-refractivity contribution >= 4 is 23.3 Å². The van der Waals surface area contributed by atoms with E-state index in [0.29, 0.717) is 43.8 Å². The maximum atomic E-state index is 13.7. The van der Waals surface area contributed by atoms with Gasteiger partial charge >= 0.3 is 0 Å². The van der Waals surface area contributed by atoms with Crippen LogP contribution in [0.4, 0.5) is 5.69 Å². The molecule has 1 aliphatic heterocycles. The number of anilines is 1. The first kappa shape index (κ1) is 35.2. The van der Waals surface area contributed by atoms with Crippen LogP contribution in [-0.2, 0) is 44.2 Å². The number of ether oxygens (including phenoxy) is 1. The number of carbonyl (C=O) groups is 3. The van der Waals surface area contributed by atoms with Gasteiger partial charge in [0.25, 0.3) is 0 Å². The number of nitrogens with one attached hydrogen (secondary N) is 1. The Kier molecular flexibility index (Phi) is 12.1. The van der Waals surface area contributed by atoms with Crippen LogP contribution < -0.4 is 15.3 Å². The van der Waals surface area contributed by atoms with Gasteiger partial charge in [-0.25, -0.2) is 0 Å². The molecule has 1 atom stereocenters. The molecule has 2 aromatic carbocycles. The molecule has 0 saturated heterocycles. The number of ketones is 1. The van der Waals surface area contributed by atoms with Gasteiger partial charge in [-0.15, -0.1) is 0 Å². The van der Waals surface area contributed by atoms with E-state index in [1.54, 1.807) is 4.90 Å². The van der Waals surface area contributed by atoms with Crippen molar-refractivity contribution in [3.05, 3.63) is 54.1 Å². The molecule has 4 rings (SSSR count). The number of Topliss-reactive ketones (excluding diaryl/α,β-unsaturated/α-hetero) is 1. The number of fused-ring (bicyclic) bond motifs is 5. The second-order valence-corrected chi connectivity index (χ2v) is 12.7. The fourth-order valence-corrected chi connectivity index (χ4v) is 5.26. The third-order valence-corrected chi connectivity index (χ3v) is 8.26. The summed E-state index contributed by atoms with van der Waals surface area (Å²) in [5, 5.41) is 15.6. The number of benzene rings is 2. The Morgan fingerprint density at radius 3 is 2.39 bits per heavy atom. The smallest absolute Gasteiger partial charge is 0.227 e. The van der Waals surface area contributed by atoms with Crippen LogP contribution in [0, 0.1) is 5.92 Å². The minimum Gasteiger partial charge on any atom is -0.375 e. The topological polar surface area (TPSA) is 116 Å². The molecular formula is C34H44N5O4V-. The van der Waals surface area contributed by atoms with Crippen LogP contribution in [0.1, 0.15) is 85.6 Å². The van der Waals surface area contributed by atoms with Crippen LogP contribution in [0.15, 0.2) is 48.5 Å². The van der Waals surface area contributed by atoms with E-state index < -0.39 is 11.1 Å². The van der Waals surface area contributed by atoms with Crippen LogP contribution in [0.5, 0.6) is 0 Å². The van der Waals surface area contributed by atoms with Gasteiger partial charge in [0.1, 0.15) is 5.78 Å². The predicted octanol–water partition coefficient (Wildman–Crippen LogP) is 5.87. The third-order valence-electron chi connectivity index (χ3n) is 8.26. The maximum Gasteiger partial charge on any atom is 0.227 e. The summed E-state index contributed by atoms with van der Waals surface area (Å²) in [5.74, 6) is 0.00590. The number of hydrogen-bond donors (Lipinski definition) is 1. The van der Waals surface area contributed by atoms with Crippen molar-refractivity contribution < 1.29 is 37.7 Å². The summed E-state index contributed by atoms with van der Waals surface area (Å²) < 4.78 is 6.11. The largest absolute Gasteiger partial charge is 0.375 e. The SMILES string of the molecule is CCC(C)C(=O)CCC(C)(C)OCCC(C)(C)NC(=O)CCC(=O)N1Cc2ccccc2-c2[n-]nnc2-c2ccccc21.[V]. The van der Waals surface area contributed by atoms with Gasteiger partial charge in [0.15, 0.2) is 0 Å². The monoisotopic (exact) mass is 637 g/mol. The van der Waals surface area contributed by atoms with E-state index in [1.165, 1.54) is 0 Å². The number of amides is 2. The van der Waals surface area contributed by atoms with E-state index in [2.05, 4.69) is 20.7 Å². The minimum atomic E-state index is -0.519. The molecule has 1 radical (unpaired) electrons. The van der Waals surface area contributed by atoms with Crippen LogP contribution in [0.25, 0.3) is 22.5 Å². The van der Waals surface area contributed by atoms with Crippen molar-refractivity contribution in [3.8, 4) is 22.5 Å². The molecule has 0 aliphatic carbocycles. The molecule has 0 saturated carbocycles. The van der Waals surface area contributed by atoms with Crippen molar-refractivity contribution in [3.63, 3.8) is 0 Å². The molecule has 0 fully saturated rings. The molecule has 235 valence electrons. The second kappa shape index (κ2) is 15.1. The van der Waals surface area contributed by atoms with Gasteiger partial charge in [0.05, 0.1) is 17.8 Å². The van der Waals surface area contributed by atoms with Gasteiger partial charge in [-0.1, -0.05) is 56.3 Å². The first-order valence-corrected chi connectivity index (χ1v) is 15.2. The number of aromatic nitrogens is 3. The molecule has 3 aromatic rings. The first-order chi connectivity index (χ1) is 20.4. The summed E-state index contributed by atoms with van der Waals surface area (Å²) in [7, 11) is 0. The quantitative estimate of drug-likeness (QED) is 0.249. The Bertz CT molecular complexity index is 1450. The zero-order chi connectivity index (χ0) is 31.2. The van der Waals surface area contributed by atoms with E-state index >= 15 is 0 Å². The summed E-state index contributed by atoms with van der Waals surface area (Å²) in [6.45, 7) is 12.7. The van der Waals surface area contributed by atoms with Crippen LogP contribution in [-0.4, -0.2) is 45.7 Å². The van der Waals surface area contributed by atoms with Crippen molar-refractivity contribution in [1.29, 1.82) is 0 Å². The van der Waals surface area contributed by atoms with Crippen LogP contribution in [0.3, 0.4) is 0 Å². The molecule has 10 heteroatoms. The van der Waals surface area contributed by atoms with Gasteiger partial charge in [-0.3, -0.25) is 19.6 Å². The van der Waals surface area contributed by atoms with Crippen molar-refractivity contribution in [1.82, 2.24) is 20.7 Å². The zero-order valence-corrected chi connectivity index (χ0v) is 28.1. The third kappa shape index (κ3) is 8.90. The fourth-order valence-electron chi connectivity index (χ4n) is 5.26. The van der Waals surface area contributed by atoms with Gasteiger partial charge < -0.3 is 25.2 Å². The number of nitrogens with zero attached hydrogens (tertiary/aromatic N) is 4. The van der Waals surface area contributed by atoms with E-state index in [9.17, 15) is 14.4 Å².